The molecule has 0 amide bonds. The van der Waals surface area contributed by atoms with Gasteiger partial charge in [-0.3, -0.25) is 4.90 Å². The van der Waals surface area contributed by atoms with Crippen LogP contribution >= 0.6 is 0 Å². The lowest BCUT2D eigenvalue weighted by Gasteiger charge is -2.14. The number of nitrogens with two attached hydrogens (primary N) is 1. The SMILES string of the molecule is CCCOCCN(C)CC(N)=NO. The maximum absolute atomic E-state index is 8.30. The van der Waals surface area contributed by atoms with Crippen molar-refractivity contribution in [3.63, 3.8) is 0 Å². The van der Waals surface area contributed by atoms with E-state index in [0.29, 0.717) is 13.2 Å². The number of likely N-dealkylation sites (N-methyl/N-ethyl adjacent to an activating group) is 1. The Balaban J connectivity index is 3.35. The zero-order valence-electron chi connectivity index (χ0n) is 8.36. The van der Waals surface area contributed by atoms with Gasteiger partial charge in [-0.1, -0.05) is 12.1 Å². The predicted molar refractivity (Wildman–Crippen MR) is 52.0 cm³/mol. The summed E-state index contributed by atoms with van der Waals surface area (Å²) in [6, 6.07) is 0. The number of nitrogens with zero attached hydrogens (tertiary/aromatic N) is 2. The van der Waals surface area contributed by atoms with Crippen LogP contribution in [0.4, 0.5) is 0 Å². The summed E-state index contributed by atoms with van der Waals surface area (Å²) in [5, 5.41) is 11.2. The zero-order chi connectivity index (χ0) is 10.1. The molecule has 0 saturated carbocycles. The van der Waals surface area contributed by atoms with Crippen molar-refractivity contribution in [3.8, 4) is 0 Å². The molecule has 0 bridgehead atoms. The van der Waals surface area contributed by atoms with E-state index in [9.17, 15) is 0 Å². The van der Waals surface area contributed by atoms with Crippen LogP contribution in [-0.4, -0.2) is 49.3 Å². The monoisotopic (exact) mass is 189 g/mol. The molecule has 0 rings (SSSR count). The lowest BCUT2D eigenvalue weighted by Crippen LogP contribution is -2.33. The Kier molecular flexibility index (Phi) is 7.33. The van der Waals surface area contributed by atoms with Crippen LogP contribution in [0.5, 0.6) is 0 Å². The van der Waals surface area contributed by atoms with E-state index in [2.05, 4.69) is 12.1 Å². The standard InChI is InChI=1S/C8H19N3O2/c1-3-5-13-6-4-11(2)7-8(9)10-12/h12H,3-7H2,1-2H3,(H2,9,10). The summed E-state index contributed by atoms with van der Waals surface area (Å²) in [7, 11) is 1.90. The molecule has 5 nitrogen and oxygen atoms in total. The minimum atomic E-state index is 0.220. The number of hydrogen-bond donors (Lipinski definition) is 2. The summed E-state index contributed by atoms with van der Waals surface area (Å²) in [4.78, 5) is 1.94. The van der Waals surface area contributed by atoms with E-state index in [1.54, 1.807) is 0 Å². The van der Waals surface area contributed by atoms with Crippen LogP contribution in [0.2, 0.25) is 0 Å². The smallest absolute Gasteiger partial charge is 0.153 e. The Bertz CT molecular complexity index is 150. The van der Waals surface area contributed by atoms with Gasteiger partial charge in [0.05, 0.1) is 13.2 Å². The Morgan fingerprint density at radius 1 is 1.54 bits per heavy atom. The van der Waals surface area contributed by atoms with Crippen molar-refractivity contribution in [1.29, 1.82) is 0 Å². The molecule has 0 aromatic rings. The van der Waals surface area contributed by atoms with E-state index in [0.717, 1.165) is 19.6 Å². The highest BCUT2D eigenvalue weighted by molar-refractivity contribution is 5.81. The Morgan fingerprint density at radius 3 is 2.77 bits per heavy atom. The molecule has 0 saturated heterocycles. The lowest BCUT2D eigenvalue weighted by atomic mass is 10.5. The minimum Gasteiger partial charge on any atom is -0.409 e. The minimum absolute atomic E-state index is 0.220. The summed E-state index contributed by atoms with van der Waals surface area (Å²) < 4.78 is 5.28. The molecule has 3 N–H and O–H groups in total. The van der Waals surface area contributed by atoms with Crippen molar-refractivity contribution in [2.45, 2.75) is 13.3 Å². The van der Waals surface area contributed by atoms with Crippen LogP contribution in [0, 0.1) is 0 Å². The van der Waals surface area contributed by atoms with Gasteiger partial charge in [-0.05, 0) is 13.5 Å². The predicted octanol–water partition coefficient (Wildman–Crippen LogP) is 0.0912. The Hall–Kier alpha value is -0.810. The fourth-order valence-corrected chi connectivity index (χ4v) is 0.854. The fraction of sp³-hybridized carbons (Fsp3) is 0.875. The number of amidine groups is 1. The summed E-state index contributed by atoms with van der Waals surface area (Å²) >= 11 is 0. The van der Waals surface area contributed by atoms with Crippen LogP contribution in [0.1, 0.15) is 13.3 Å². The Labute approximate surface area is 79.2 Å². The number of oxime groups is 1. The van der Waals surface area contributed by atoms with Gasteiger partial charge in [0, 0.05) is 13.2 Å². The van der Waals surface area contributed by atoms with Crippen LogP contribution in [0.3, 0.4) is 0 Å². The fourth-order valence-electron chi connectivity index (χ4n) is 0.854. The maximum Gasteiger partial charge on any atom is 0.153 e. The Morgan fingerprint density at radius 2 is 2.23 bits per heavy atom. The highest BCUT2D eigenvalue weighted by Gasteiger charge is 2.00. The van der Waals surface area contributed by atoms with Gasteiger partial charge in [0.1, 0.15) is 0 Å². The first kappa shape index (κ1) is 12.2. The van der Waals surface area contributed by atoms with E-state index in [4.69, 9.17) is 15.7 Å². The second kappa shape index (κ2) is 7.82. The molecule has 0 fully saturated rings. The molecule has 0 aliphatic rings. The molecule has 0 aromatic carbocycles. The van der Waals surface area contributed by atoms with Crippen molar-refractivity contribution in [3.05, 3.63) is 0 Å². The van der Waals surface area contributed by atoms with E-state index in [1.807, 2.05) is 11.9 Å². The van der Waals surface area contributed by atoms with E-state index in [-0.39, 0.29) is 5.84 Å². The molecule has 0 atom stereocenters. The van der Waals surface area contributed by atoms with Crippen LogP contribution in [0.15, 0.2) is 5.16 Å². The summed E-state index contributed by atoms with van der Waals surface area (Å²) in [6.07, 6.45) is 1.03. The van der Waals surface area contributed by atoms with E-state index in [1.165, 1.54) is 0 Å². The molecule has 0 radical (unpaired) electrons. The zero-order valence-corrected chi connectivity index (χ0v) is 8.36. The van der Waals surface area contributed by atoms with E-state index >= 15 is 0 Å². The van der Waals surface area contributed by atoms with Gasteiger partial charge in [-0.25, -0.2) is 0 Å². The average molecular weight is 189 g/mol. The quantitative estimate of drug-likeness (QED) is 0.196. The lowest BCUT2D eigenvalue weighted by molar-refractivity contribution is 0.115. The van der Waals surface area contributed by atoms with E-state index < -0.39 is 0 Å². The topological polar surface area (TPSA) is 71.1 Å². The highest BCUT2D eigenvalue weighted by Crippen LogP contribution is 1.85. The number of ether oxygens (including phenoxy) is 1. The first-order chi connectivity index (χ1) is 6.20. The van der Waals surface area contributed by atoms with Crippen molar-refractivity contribution in [2.75, 3.05) is 33.4 Å². The van der Waals surface area contributed by atoms with Gasteiger partial charge < -0.3 is 15.7 Å². The van der Waals surface area contributed by atoms with Gasteiger partial charge in [-0.2, -0.15) is 0 Å². The average Bonchev–Trinajstić information content (AvgIpc) is 2.12. The molecular weight excluding hydrogens is 170 g/mol. The van der Waals surface area contributed by atoms with Crippen molar-refractivity contribution in [2.24, 2.45) is 10.9 Å². The van der Waals surface area contributed by atoms with Crippen LogP contribution < -0.4 is 5.73 Å². The first-order valence-corrected chi connectivity index (χ1v) is 4.43. The molecule has 13 heavy (non-hydrogen) atoms. The van der Waals surface area contributed by atoms with Gasteiger partial charge in [0.2, 0.25) is 0 Å². The third-order valence-electron chi connectivity index (χ3n) is 1.53. The van der Waals surface area contributed by atoms with Crippen LogP contribution in [0.25, 0.3) is 0 Å². The van der Waals surface area contributed by atoms with Crippen molar-refractivity contribution < 1.29 is 9.94 Å². The summed E-state index contributed by atoms with van der Waals surface area (Å²) in [5.74, 6) is 0.220. The molecule has 78 valence electrons. The summed E-state index contributed by atoms with van der Waals surface area (Å²) in [5.41, 5.74) is 5.32. The third kappa shape index (κ3) is 7.55. The second-order valence-corrected chi connectivity index (χ2v) is 2.94. The molecule has 0 aromatic heterocycles. The molecular formula is C8H19N3O2. The highest BCUT2D eigenvalue weighted by atomic mass is 16.5. The molecule has 0 aliphatic carbocycles. The van der Waals surface area contributed by atoms with Gasteiger partial charge >= 0.3 is 0 Å². The van der Waals surface area contributed by atoms with Crippen molar-refractivity contribution >= 4 is 5.84 Å². The van der Waals surface area contributed by atoms with Gasteiger partial charge in [0.25, 0.3) is 0 Å². The molecule has 0 spiro atoms. The maximum atomic E-state index is 8.30. The van der Waals surface area contributed by atoms with Gasteiger partial charge in [0.15, 0.2) is 5.84 Å². The van der Waals surface area contributed by atoms with Crippen molar-refractivity contribution in [1.82, 2.24) is 4.90 Å². The van der Waals surface area contributed by atoms with Crippen LogP contribution in [-0.2, 0) is 4.74 Å². The second-order valence-electron chi connectivity index (χ2n) is 2.94. The molecule has 0 aliphatic heterocycles. The summed E-state index contributed by atoms with van der Waals surface area (Å²) in [6.45, 7) is 4.79. The molecule has 5 heteroatoms. The number of hydrogen-bond acceptors (Lipinski definition) is 4. The molecule has 0 unspecified atom stereocenters. The normalized spacial score (nSPS) is 12.4. The first-order valence-electron chi connectivity index (χ1n) is 4.43. The third-order valence-corrected chi connectivity index (χ3v) is 1.53. The molecule has 0 heterocycles. The number of rotatable bonds is 7. The largest absolute Gasteiger partial charge is 0.409 e. The van der Waals surface area contributed by atoms with Gasteiger partial charge in [-0.15, -0.1) is 0 Å².